The van der Waals surface area contributed by atoms with Crippen molar-refractivity contribution in [3.63, 3.8) is 0 Å². The summed E-state index contributed by atoms with van der Waals surface area (Å²) in [6, 6.07) is 11.1. The minimum atomic E-state index is -0.551. The van der Waals surface area contributed by atoms with Crippen molar-refractivity contribution < 1.29 is 14.8 Å². The highest BCUT2D eigenvalue weighted by molar-refractivity contribution is 6.32. The van der Waals surface area contributed by atoms with Crippen LogP contribution in [-0.2, 0) is 6.61 Å². The third-order valence-corrected chi connectivity index (χ3v) is 2.79. The summed E-state index contributed by atoms with van der Waals surface area (Å²) in [5.41, 5.74) is 0.0450. The van der Waals surface area contributed by atoms with Gasteiger partial charge in [-0.15, -0.1) is 0 Å². The van der Waals surface area contributed by atoms with Crippen LogP contribution in [0.1, 0.15) is 5.56 Å². The Morgan fingerprint density at radius 1 is 1.26 bits per heavy atom. The largest absolute Gasteiger partial charge is 0.456 e. The lowest BCUT2D eigenvalue weighted by Gasteiger charge is -2.08. The number of halogens is 1. The second kappa shape index (κ2) is 5.69. The molecule has 2 rings (SSSR count). The highest BCUT2D eigenvalue weighted by Gasteiger charge is 2.14. The van der Waals surface area contributed by atoms with Crippen LogP contribution in [0, 0.1) is 10.1 Å². The molecule has 1 N–H and O–H groups in total. The van der Waals surface area contributed by atoms with Gasteiger partial charge in [0.2, 0.25) is 0 Å². The highest BCUT2D eigenvalue weighted by atomic mass is 35.5. The van der Waals surface area contributed by atoms with Crippen molar-refractivity contribution >= 4 is 17.3 Å². The topological polar surface area (TPSA) is 72.6 Å². The number of benzene rings is 2. The highest BCUT2D eigenvalue weighted by Crippen LogP contribution is 2.31. The van der Waals surface area contributed by atoms with Gasteiger partial charge in [0.15, 0.2) is 0 Å². The average Bonchev–Trinajstić information content (AvgIpc) is 2.41. The molecule has 0 fully saturated rings. The first-order valence-electron chi connectivity index (χ1n) is 5.42. The van der Waals surface area contributed by atoms with Crippen LogP contribution in [0.2, 0.25) is 5.02 Å². The fourth-order valence-electron chi connectivity index (χ4n) is 1.58. The molecule has 0 aliphatic rings. The zero-order chi connectivity index (χ0) is 13.8. The number of para-hydroxylation sites is 1. The van der Waals surface area contributed by atoms with E-state index in [4.69, 9.17) is 21.4 Å². The SMILES string of the molecule is O=[N+]([O-])c1ccc(Oc2ccccc2Cl)cc1CO. The predicted octanol–water partition coefficient (Wildman–Crippen LogP) is 3.53. The van der Waals surface area contributed by atoms with E-state index >= 15 is 0 Å². The fourth-order valence-corrected chi connectivity index (χ4v) is 1.76. The fraction of sp³-hybridized carbons (Fsp3) is 0.0769. The molecule has 0 spiro atoms. The molecule has 0 heterocycles. The summed E-state index contributed by atoms with van der Waals surface area (Å²) in [6.45, 7) is -0.434. The summed E-state index contributed by atoms with van der Waals surface area (Å²) in [7, 11) is 0. The molecule has 0 aromatic heterocycles. The van der Waals surface area contributed by atoms with E-state index in [0.717, 1.165) is 0 Å². The number of hydrogen-bond donors (Lipinski definition) is 1. The third kappa shape index (κ3) is 3.01. The number of nitro groups is 1. The lowest BCUT2D eigenvalue weighted by Crippen LogP contribution is -1.96. The minimum absolute atomic E-state index is 0.144. The van der Waals surface area contributed by atoms with Crippen molar-refractivity contribution in [2.24, 2.45) is 0 Å². The van der Waals surface area contributed by atoms with E-state index in [2.05, 4.69) is 0 Å². The van der Waals surface area contributed by atoms with Gasteiger partial charge in [-0.05, 0) is 24.3 Å². The van der Waals surface area contributed by atoms with Crippen LogP contribution in [0.15, 0.2) is 42.5 Å². The Labute approximate surface area is 114 Å². The molecule has 0 radical (unpaired) electrons. The van der Waals surface area contributed by atoms with Gasteiger partial charge < -0.3 is 9.84 Å². The lowest BCUT2D eigenvalue weighted by atomic mass is 10.2. The van der Waals surface area contributed by atoms with Crippen LogP contribution < -0.4 is 4.74 Å². The first kappa shape index (κ1) is 13.3. The van der Waals surface area contributed by atoms with Crippen LogP contribution in [0.4, 0.5) is 5.69 Å². The van der Waals surface area contributed by atoms with E-state index < -0.39 is 11.5 Å². The Hall–Kier alpha value is -2.11. The van der Waals surface area contributed by atoms with E-state index in [0.29, 0.717) is 16.5 Å². The molecule has 19 heavy (non-hydrogen) atoms. The van der Waals surface area contributed by atoms with E-state index in [1.807, 2.05) is 0 Å². The predicted molar refractivity (Wildman–Crippen MR) is 70.5 cm³/mol. The Kier molecular flexibility index (Phi) is 3.99. The first-order valence-corrected chi connectivity index (χ1v) is 5.80. The summed E-state index contributed by atoms with van der Waals surface area (Å²) in [5.74, 6) is 0.824. The number of nitro benzene ring substituents is 1. The summed E-state index contributed by atoms with van der Waals surface area (Å²) in [6.07, 6.45) is 0. The molecule has 0 aliphatic heterocycles. The Bertz CT molecular complexity index is 615. The van der Waals surface area contributed by atoms with Gasteiger partial charge in [0, 0.05) is 6.07 Å². The number of rotatable bonds is 4. The molecule has 5 nitrogen and oxygen atoms in total. The van der Waals surface area contributed by atoms with E-state index in [1.54, 1.807) is 24.3 Å². The van der Waals surface area contributed by atoms with Gasteiger partial charge in [-0.3, -0.25) is 10.1 Å². The van der Waals surface area contributed by atoms with Gasteiger partial charge in [0.05, 0.1) is 22.1 Å². The van der Waals surface area contributed by atoms with E-state index in [1.165, 1.54) is 18.2 Å². The molecule has 0 saturated carbocycles. The molecule has 0 atom stereocenters. The van der Waals surface area contributed by atoms with Crippen molar-refractivity contribution in [2.45, 2.75) is 6.61 Å². The van der Waals surface area contributed by atoms with Crippen molar-refractivity contribution in [3.05, 3.63) is 63.2 Å². The summed E-state index contributed by atoms with van der Waals surface area (Å²) < 4.78 is 5.52. The molecule has 6 heteroatoms. The van der Waals surface area contributed by atoms with Crippen molar-refractivity contribution in [1.29, 1.82) is 0 Å². The maximum atomic E-state index is 10.7. The van der Waals surface area contributed by atoms with Crippen LogP contribution >= 0.6 is 11.6 Å². The number of aliphatic hydroxyl groups excluding tert-OH is 1. The molecule has 0 aliphatic carbocycles. The van der Waals surface area contributed by atoms with Gasteiger partial charge in [-0.25, -0.2) is 0 Å². The zero-order valence-electron chi connectivity index (χ0n) is 9.75. The van der Waals surface area contributed by atoms with Gasteiger partial charge in [0.1, 0.15) is 11.5 Å². The second-order valence-corrected chi connectivity index (χ2v) is 4.15. The zero-order valence-corrected chi connectivity index (χ0v) is 10.5. The third-order valence-electron chi connectivity index (χ3n) is 2.48. The number of nitrogens with zero attached hydrogens (tertiary/aromatic N) is 1. The summed E-state index contributed by atoms with van der Waals surface area (Å²) >= 11 is 5.95. The van der Waals surface area contributed by atoms with E-state index in [-0.39, 0.29) is 11.3 Å². The molecule has 2 aromatic rings. The average molecular weight is 280 g/mol. The second-order valence-electron chi connectivity index (χ2n) is 3.74. The first-order chi connectivity index (χ1) is 9.11. The number of ether oxygens (including phenoxy) is 1. The van der Waals surface area contributed by atoms with Crippen LogP contribution in [0.5, 0.6) is 11.5 Å². The van der Waals surface area contributed by atoms with Crippen molar-refractivity contribution in [2.75, 3.05) is 0 Å². The monoisotopic (exact) mass is 279 g/mol. The molecular weight excluding hydrogens is 270 g/mol. The summed E-state index contributed by atoms with van der Waals surface area (Å²) in [5, 5.41) is 20.3. The van der Waals surface area contributed by atoms with Gasteiger partial charge in [0.25, 0.3) is 5.69 Å². The Morgan fingerprint density at radius 2 is 2.00 bits per heavy atom. The number of aliphatic hydroxyl groups is 1. The standard InChI is InChI=1S/C13H10ClNO4/c14-11-3-1-2-4-13(11)19-10-5-6-12(15(17)18)9(7-10)8-16/h1-7,16H,8H2. The molecular formula is C13H10ClNO4. The Balaban J connectivity index is 2.32. The molecule has 0 amide bonds. The summed E-state index contributed by atoms with van der Waals surface area (Å²) in [4.78, 5) is 10.2. The molecule has 0 unspecified atom stereocenters. The van der Waals surface area contributed by atoms with Crippen molar-refractivity contribution in [1.82, 2.24) is 0 Å². The van der Waals surface area contributed by atoms with Crippen LogP contribution in [0.25, 0.3) is 0 Å². The maximum Gasteiger partial charge on any atom is 0.275 e. The smallest absolute Gasteiger partial charge is 0.275 e. The van der Waals surface area contributed by atoms with Crippen molar-refractivity contribution in [3.8, 4) is 11.5 Å². The molecule has 98 valence electrons. The van der Waals surface area contributed by atoms with Gasteiger partial charge >= 0.3 is 0 Å². The number of hydrogen-bond acceptors (Lipinski definition) is 4. The maximum absolute atomic E-state index is 10.7. The molecule has 0 saturated heterocycles. The quantitative estimate of drug-likeness (QED) is 0.686. The van der Waals surface area contributed by atoms with Crippen LogP contribution in [0.3, 0.4) is 0 Å². The van der Waals surface area contributed by atoms with Gasteiger partial charge in [-0.1, -0.05) is 23.7 Å². The Morgan fingerprint density at radius 3 is 2.63 bits per heavy atom. The van der Waals surface area contributed by atoms with Crippen LogP contribution in [-0.4, -0.2) is 10.0 Å². The van der Waals surface area contributed by atoms with Gasteiger partial charge in [-0.2, -0.15) is 0 Å². The molecule has 0 bridgehead atoms. The normalized spacial score (nSPS) is 10.2. The molecule has 2 aromatic carbocycles. The minimum Gasteiger partial charge on any atom is -0.456 e. The lowest BCUT2D eigenvalue weighted by molar-refractivity contribution is -0.385. The van der Waals surface area contributed by atoms with E-state index in [9.17, 15) is 10.1 Å².